The average molecular weight is 277 g/mol. The molecule has 1 amide bonds. The van der Waals surface area contributed by atoms with E-state index in [0.717, 1.165) is 10.6 Å². The molecule has 0 spiro atoms. The second-order valence-electron chi connectivity index (χ2n) is 3.97. The lowest BCUT2D eigenvalue weighted by Gasteiger charge is -2.11. The molecule has 3 N–H and O–H groups in total. The first-order chi connectivity index (χ1) is 9.20. The Morgan fingerprint density at radius 2 is 2.42 bits per heavy atom. The number of hydrogen-bond donors (Lipinski definition) is 2. The Labute approximate surface area is 115 Å². The molecule has 19 heavy (non-hydrogen) atoms. The minimum Gasteiger partial charge on any atom is -0.383 e. The van der Waals surface area contributed by atoms with Crippen LogP contribution in [-0.4, -0.2) is 30.6 Å². The third-order valence-electron chi connectivity index (χ3n) is 2.49. The smallest absolute Gasteiger partial charge is 0.243 e. The number of thiazole rings is 1. The third kappa shape index (κ3) is 3.60. The van der Waals surface area contributed by atoms with Crippen molar-refractivity contribution in [2.24, 2.45) is 5.73 Å². The topological polar surface area (TPSA) is 77.2 Å². The van der Waals surface area contributed by atoms with Gasteiger partial charge < -0.3 is 15.8 Å². The maximum atomic E-state index is 11.8. The van der Waals surface area contributed by atoms with Gasteiger partial charge in [-0.05, 0) is 12.1 Å². The standard InChI is InChI=1S/C13H15N3O2S/c1-18-8-11(14)12(17)16-10-4-2-3-9(7-10)13-15-5-6-19-13/h2-7,11H,8,14H2,1H3,(H,16,17). The van der Waals surface area contributed by atoms with Gasteiger partial charge in [-0.3, -0.25) is 4.79 Å². The number of methoxy groups -OCH3 is 1. The van der Waals surface area contributed by atoms with E-state index < -0.39 is 6.04 Å². The number of nitrogens with one attached hydrogen (secondary N) is 1. The Hall–Kier alpha value is -1.76. The van der Waals surface area contributed by atoms with Crippen molar-refractivity contribution >= 4 is 22.9 Å². The lowest BCUT2D eigenvalue weighted by atomic mass is 10.2. The molecule has 1 aromatic carbocycles. The normalized spacial score (nSPS) is 12.1. The second-order valence-corrected chi connectivity index (χ2v) is 4.86. The molecule has 0 fully saturated rings. The fourth-order valence-electron chi connectivity index (χ4n) is 1.59. The van der Waals surface area contributed by atoms with E-state index in [9.17, 15) is 4.79 Å². The molecule has 1 aromatic heterocycles. The van der Waals surface area contributed by atoms with Gasteiger partial charge in [-0.1, -0.05) is 12.1 Å². The molecular weight excluding hydrogens is 262 g/mol. The van der Waals surface area contributed by atoms with Crippen LogP contribution in [0.25, 0.3) is 10.6 Å². The lowest BCUT2D eigenvalue weighted by molar-refractivity contribution is -0.118. The summed E-state index contributed by atoms with van der Waals surface area (Å²) in [6.07, 6.45) is 1.75. The molecule has 2 aromatic rings. The molecule has 1 atom stereocenters. The van der Waals surface area contributed by atoms with E-state index in [1.807, 2.05) is 29.6 Å². The summed E-state index contributed by atoms with van der Waals surface area (Å²) < 4.78 is 4.85. The van der Waals surface area contributed by atoms with Gasteiger partial charge in [-0.25, -0.2) is 4.98 Å². The zero-order valence-corrected chi connectivity index (χ0v) is 11.3. The molecule has 0 aliphatic carbocycles. The zero-order valence-electron chi connectivity index (χ0n) is 10.5. The van der Waals surface area contributed by atoms with Crippen LogP contribution in [0.1, 0.15) is 0 Å². The van der Waals surface area contributed by atoms with Crippen LogP contribution in [0.5, 0.6) is 0 Å². The summed E-state index contributed by atoms with van der Waals surface area (Å²) in [6.45, 7) is 0.192. The Morgan fingerprint density at radius 3 is 3.11 bits per heavy atom. The zero-order chi connectivity index (χ0) is 13.7. The summed E-state index contributed by atoms with van der Waals surface area (Å²) in [5, 5.41) is 5.59. The predicted octanol–water partition coefficient (Wildman–Crippen LogP) is 1.72. The highest BCUT2D eigenvalue weighted by Crippen LogP contribution is 2.24. The first-order valence-electron chi connectivity index (χ1n) is 5.76. The maximum Gasteiger partial charge on any atom is 0.243 e. The van der Waals surface area contributed by atoms with Gasteiger partial charge in [0.25, 0.3) is 0 Å². The SMILES string of the molecule is COCC(N)C(=O)Nc1cccc(-c2nccs2)c1. The quantitative estimate of drug-likeness (QED) is 0.872. The summed E-state index contributed by atoms with van der Waals surface area (Å²) >= 11 is 1.55. The molecule has 0 bridgehead atoms. The van der Waals surface area contributed by atoms with Gasteiger partial charge in [0.2, 0.25) is 5.91 Å². The first-order valence-corrected chi connectivity index (χ1v) is 6.64. The number of ether oxygens (including phenoxy) is 1. The molecule has 100 valence electrons. The number of benzene rings is 1. The minimum absolute atomic E-state index is 0.192. The van der Waals surface area contributed by atoms with Crippen LogP contribution in [-0.2, 0) is 9.53 Å². The van der Waals surface area contributed by atoms with Crippen LogP contribution in [0.2, 0.25) is 0 Å². The van der Waals surface area contributed by atoms with Gasteiger partial charge in [0.1, 0.15) is 11.0 Å². The monoisotopic (exact) mass is 277 g/mol. The fourth-order valence-corrected chi connectivity index (χ4v) is 2.22. The van der Waals surface area contributed by atoms with E-state index >= 15 is 0 Å². The highest BCUT2D eigenvalue weighted by molar-refractivity contribution is 7.13. The van der Waals surface area contributed by atoms with E-state index in [-0.39, 0.29) is 12.5 Å². The second kappa shape index (κ2) is 6.42. The lowest BCUT2D eigenvalue weighted by Crippen LogP contribution is -2.39. The Kier molecular flexibility index (Phi) is 4.62. The van der Waals surface area contributed by atoms with Crippen LogP contribution >= 0.6 is 11.3 Å². The number of carbonyl (C=O) groups excluding carboxylic acids is 1. The average Bonchev–Trinajstić information content (AvgIpc) is 2.93. The highest BCUT2D eigenvalue weighted by Gasteiger charge is 2.13. The molecule has 1 heterocycles. The van der Waals surface area contributed by atoms with Gasteiger partial charge >= 0.3 is 0 Å². The molecule has 0 aliphatic rings. The van der Waals surface area contributed by atoms with Crippen LogP contribution < -0.4 is 11.1 Å². The number of amides is 1. The van der Waals surface area contributed by atoms with E-state index in [1.165, 1.54) is 7.11 Å². The van der Waals surface area contributed by atoms with Gasteiger partial charge in [0.15, 0.2) is 0 Å². The number of carbonyl (C=O) groups is 1. The molecule has 0 saturated heterocycles. The van der Waals surface area contributed by atoms with Crippen molar-refractivity contribution in [2.45, 2.75) is 6.04 Å². The van der Waals surface area contributed by atoms with Crippen molar-refractivity contribution in [3.63, 3.8) is 0 Å². The van der Waals surface area contributed by atoms with Gasteiger partial charge in [0, 0.05) is 29.9 Å². The summed E-state index contributed by atoms with van der Waals surface area (Å²) in [4.78, 5) is 16.0. The molecule has 1 unspecified atom stereocenters. The van der Waals surface area contributed by atoms with Crippen molar-refractivity contribution in [1.82, 2.24) is 4.98 Å². The summed E-state index contributed by atoms with van der Waals surface area (Å²) in [5.41, 5.74) is 7.33. The van der Waals surface area contributed by atoms with Crippen LogP contribution in [0.3, 0.4) is 0 Å². The highest BCUT2D eigenvalue weighted by atomic mass is 32.1. The molecule has 0 radical (unpaired) electrons. The summed E-state index contributed by atoms with van der Waals surface area (Å²) in [6, 6.07) is 6.83. The Morgan fingerprint density at radius 1 is 1.58 bits per heavy atom. The number of nitrogens with two attached hydrogens (primary N) is 1. The number of hydrogen-bond acceptors (Lipinski definition) is 5. The molecule has 5 nitrogen and oxygen atoms in total. The first kappa shape index (κ1) is 13.7. The summed E-state index contributed by atoms with van der Waals surface area (Å²) in [7, 11) is 1.51. The van der Waals surface area contributed by atoms with E-state index in [1.54, 1.807) is 17.5 Å². The van der Waals surface area contributed by atoms with E-state index in [2.05, 4.69) is 10.3 Å². The Bertz CT molecular complexity index is 543. The van der Waals surface area contributed by atoms with Crippen LogP contribution in [0.15, 0.2) is 35.8 Å². The van der Waals surface area contributed by atoms with Crippen LogP contribution in [0, 0.1) is 0 Å². The predicted molar refractivity (Wildman–Crippen MR) is 76.0 cm³/mol. The molecule has 6 heteroatoms. The minimum atomic E-state index is -0.673. The van der Waals surface area contributed by atoms with Crippen LogP contribution in [0.4, 0.5) is 5.69 Å². The van der Waals surface area contributed by atoms with Crippen molar-refractivity contribution in [2.75, 3.05) is 19.0 Å². The maximum absolute atomic E-state index is 11.8. The van der Waals surface area contributed by atoms with E-state index in [4.69, 9.17) is 10.5 Å². The Balaban J connectivity index is 2.09. The van der Waals surface area contributed by atoms with Gasteiger partial charge in [-0.2, -0.15) is 0 Å². The molecule has 0 aliphatic heterocycles. The van der Waals surface area contributed by atoms with Crippen molar-refractivity contribution in [3.8, 4) is 10.6 Å². The number of anilines is 1. The third-order valence-corrected chi connectivity index (χ3v) is 3.31. The van der Waals surface area contributed by atoms with Gasteiger partial charge in [-0.15, -0.1) is 11.3 Å². The molecule has 0 saturated carbocycles. The number of rotatable bonds is 5. The van der Waals surface area contributed by atoms with Crippen molar-refractivity contribution < 1.29 is 9.53 Å². The van der Waals surface area contributed by atoms with Crippen molar-refractivity contribution in [1.29, 1.82) is 0 Å². The fraction of sp³-hybridized carbons (Fsp3) is 0.231. The largest absolute Gasteiger partial charge is 0.383 e. The molecule has 2 rings (SSSR count). The number of aromatic nitrogens is 1. The van der Waals surface area contributed by atoms with E-state index in [0.29, 0.717) is 5.69 Å². The summed E-state index contributed by atoms with van der Waals surface area (Å²) in [5.74, 6) is -0.266. The number of nitrogens with zero attached hydrogens (tertiary/aromatic N) is 1. The molecular formula is C13H15N3O2S. The van der Waals surface area contributed by atoms with Gasteiger partial charge in [0.05, 0.1) is 6.61 Å². The van der Waals surface area contributed by atoms with Crippen molar-refractivity contribution in [3.05, 3.63) is 35.8 Å².